The molecule has 14 heavy (non-hydrogen) atoms. The largest absolute Gasteiger partial charge is 0.310 e. The van der Waals surface area contributed by atoms with Crippen molar-refractivity contribution in [2.75, 3.05) is 0 Å². The highest BCUT2D eigenvalue weighted by atomic mass is 35.5. The predicted molar refractivity (Wildman–Crippen MR) is 58.7 cm³/mol. The molecule has 0 aromatic carbocycles. The van der Waals surface area contributed by atoms with Gasteiger partial charge in [0.15, 0.2) is 0 Å². The van der Waals surface area contributed by atoms with Gasteiger partial charge in [-0.3, -0.25) is 0 Å². The Morgan fingerprint density at radius 1 is 1.57 bits per heavy atom. The second kappa shape index (κ2) is 4.05. The van der Waals surface area contributed by atoms with E-state index >= 15 is 0 Å². The van der Waals surface area contributed by atoms with Gasteiger partial charge in [0.05, 0.1) is 5.02 Å². The molecule has 2 rings (SSSR count). The number of aromatic nitrogens is 1. The average Bonchev–Trinajstić information content (AvgIpc) is 2.85. The third-order valence-electron chi connectivity index (χ3n) is 2.59. The molecule has 1 fully saturated rings. The zero-order chi connectivity index (χ0) is 10.1. The van der Waals surface area contributed by atoms with Crippen LogP contribution in [-0.4, -0.2) is 11.0 Å². The first-order valence-electron chi connectivity index (χ1n) is 4.70. The van der Waals surface area contributed by atoms with Crippen molar-refractivity contribution in [2.24, 2.45) is 5.92 Å². The fraction of sp³-hybridized carbons (Fsp3) is 0.500. The SMILES string of the molecule is C[C@@H]1C[C@H]1NCc1ccnc(Cl)c1Cl. The van der Waals surface area contributed by atoms with Crippen LogP contribution in [0.3, 0.4) is 0 Å². The van der Waals surface area contributed by atoms with Crippen LogP contribution >= 0.6 is 23.2 Å². The van der Waals surface area contributed by atoms with E-state index in [1.54, 1.807) is 6.20 Å². The standard InChI is InChI=1S/C10H12Cl2N2/c1-6-4-8(6)14-5-7-2-3-13-10(12)9(7)11/h2-3,6,8,14H,4-5H2,1H3/t6-,8-/m1/s1. The van der Waals surface area contributed by atoms with Crippen LogP contribution in [0.2, 0.25) is 10.2 Å². The number of hydrogen-bond acceptors (Lipinski definition) is 2. The Morgan fingerprint density at radius 3 is 2.93 bits per heavy atom. The molecule has 0 aliphatic heterocycles. The molecule has 2 atom stereocenters. The van der Waals surface area contributed by atoms with E-state index in [1.165, 1.54) is 6.42 Å². The van der Waals surface area contributed by atoms with E-state index in [1.807, 2.05) is 6.07 Å². The normalized spacial score (nSPS) is 25.1. The van der Waals surface area contributed by atoms with E-state index in [2.05, 4.69) is 17.2 Å². The molecule has 1 heterocycles. The molecule has 0 bridgehead atoms. The molecule has 1 aromatic heterocycles. The van der Waals surface area contributed by atoms with Crippen molar-refractivity contribution in [2.45, 2.75) is 25.9 Å². The fourth-order valence-corrected chi connectivity index (χ4v) is 1.80. The maximum absolute atomic E-state index is 6.00. The molecule has 1 aliphatic carbocycles. The van der Waals surface area contributed by atoms with Crippen LogP contribution in [0.4, 0.5) is 0 Å². The number of nitrogens with one attached hydrogen (secondary N) is 1. The van der Waals surface area contributed by atoms with Crippen LogP contribution in [0, 0.1) is 5.92 Å². The van der Waals surface area contributed by atoms with Gasteiger partial charge in [-0.05, 0) is 24.0 Å². The Balaban J connectivity index is 1.98. The van der Waals surface area contributed by atoms with E-state index in [9.17, 15) is 0 Å². The summed E-state index contributed by atoms with van der Waals surface area (Å²) in [6.45, 7) is 3.01. The molecule has 0 saturated heterocycles. The lowest BCUT2D eigenvalue weighted by Gasteiger charge is -2.06. The quantitative estimate of drug-likeness (QED) is 0.809. The van der Waals surface area contributed by atoms with E-state index in [4.69, 9.17) is 23.2 Å². The highest BCUT2D eigenvalue weighted by Gasteiger charge is 2.31. The smallest absolute Gasteiger partial charge is 0.147 e. The van der Waals surface area contributed by atoms with Gasteiger partial charge in [-0.2, -0.15) is 0 Å². The molecule has 1 aliphatic rings. The van der Waals surface area contributed by atoms with Crippen molar-refractivity contribution >= 4 is 23.2 Å². The van der Waals surface area contributed by atoms with E-state index < -0.39 is 0 Å². The first-order valence-corrected chi connectivity index (χ1v) is 5.46. The van der Waals surface area contributed by atoms with Crippen molar-refractivity contribution in [3.8, 4) is 0 Å². The summed E-state index contributed by atoms with van der Waals surface area (Å²) in [5, 5.41) is 4.37. The molecule has 76 valence electrons. The number of pyridine rings is 1. The second-order valence-electron chi connectivity index (χ2n) is 3.78. The summed E-state index contributed by atoms with van der Waals surface area (Å²) in [5.74, 6) is 0.797. The molecule has 4 heteroatoms. The Morgan fingerprint density at radius 2 is 2.29 bits per heavy atom. The first-order chi connectivity index (χ1) is 6.68. The molecule has 1 N–H and O–H groups in total. The summed E-state index contributed by atoms with van der Waals surface area (Å²) in [5.41, 5.74) is 1.02. The minimum absolute atomic E-state index is 0.384. The van der Waals surface area contributed by atoms with Crippen molar-refractivity contribution in [3.05, 3.63) is 28.0 Å². The Labute approximate surface area is 93.6 Å². The highest BCUT2D eigenvalue weighted by molar-refractivity contribution is 6.41. The lowest BCUT2D eigenvalue weighted by atomic mass is 10.2. The molecule has 0 unspecified atom stereocenters. The minimum atomic E-state index is 0.384. The van der Waals surface area contributed by atoms with E-state index in [0.717, 1.165) is 18.0 Å². The zero-order valence-electron chi connectivity index (χ0n) is 7.93. The zero-order valence-corrected chi connectivity index (χ0v) is 9.44. The summed E-state index contributed by atoms with van der Waals surface area (Å²) in [4.78, 5) is 3.90. The molecule has 2 nitrogen and oxygen atoms in total. The lowest BCUT2D eigenvalue weighted by Crippen LogP contribution is -2.17. The van der Waals surface area contributed by atoms with Gasteiger partial charge >= 0.3 is 0 Å². The van der Waals surface area contributed by atoms with Gasteiger partial charge in [-0.15, -0.1) is 0 Å². The fourth-order valence-electron chi connectivity index (χ4n) is 1.44. The average molecular weight is 231 g/mol. The molecular formula is C10H12Cl2N2. The number of nitrogens with zero attached hydrogens (tertiary/aromatic N) is 1. The van der Waals surface area contributed by atoms with Crippen molar-refractivity contribution in [1.82, 2.24) is 10.3 Å². The van der Waals surface area contributed by atoms with Crippen molar-refractivity contribution < 1.29 is 0 Å². The van der Waals surface area contributed by atoms with Crippen molar-refractivity contribution in [1.29, 1.82) is 0 Å². The van der Waals surface area contributed by atoms with Gasteiger partial charge in [0.2, 0.25) is 0 Å². The summed E-state index contributed by atoms with van der Waals surface area (Å²) < 4.78 is 0. The Bertz CT molecular complexity index is 341. The molecule has 0 amide bonds. The van der Waals surface area contributed by atoms with Crippen LogP contribution < -0.4 is 5.32 Å². The molecule has 1 saturated carbocycles. The van der Waals surface area contributed by atoms with E-state index in [0.29, 0.717) is 16.2 Å². The first kappa shape index (κ1) is 10.2. The van der Waals surface area contributed by atoms with Gasteiger partial charge in [0, 0.05) is 18.8 Å². The van der Waals surface area contributed by atoms with Gasteiger partial charge in [-0.25, -0.2) is 4.98 Å². The van der Waals surface area contributed by atoms with Gasteiger partial charge < -0.3 is 5.32 Å². The second-order valence-corrected chi connectivity index (χ2v) is 4.51. The molecule has 0 radical (unpaired) electrons. The van der Waals surface area contributed by atoms with E-state index in [-0.39, 0.29) is 0 Å². The monoisotopic (exact) mass is 230 g/mol. The molecule has 0 spiro atoms. The summed E-state index contributed by atoms with van der Waals surface area (Å²) in [6.07, 6.45) is 2.94. The summed E-state index contributed by atoms with van der Waals surface area (Å²) in [6, 6.07) is 2.55. The highest BCUT2D eigenvalue weighted by Crippen LogP contribution is 2.30. The minimum Gasteiger partial charge on any atom is -0.310 e. The third kappa shape index (κ3) is 2.19. The van der Waals surface area contributed by atoms with Crippen LogP contribution in [-0.2, 0) is 6.54 Å². The number of halogens is 2. The molecule has 1 aromatic rings. The van der Waals surface area contributed by atoms with Crippen LogP contribution in [0.1, 0.15) is 18.9 Å². The van der Waals surface area contributed by atoms with Crippen molar-refractivity contribution in [3.63, 3.8) is 0 Å². The van der Waals surface area contributed by atoms with Crippen LogP contribution in [0.15, 0.2) is 12.3 Å². The molecular weight excluding hydrogens is 219 g/mol. The summed E-state index contributed by atoms with van der Waals surface area (Å²) in [7, 11) is 0. The maximum Gasteiger partial charge on any atom is 0.147 e. The van der Waals surface area contributed by atoms with Gasteiger partial charge in [0.25, 0.3) is 0 Å². The van der Waals surface area contributed by atoms with Crippen LogP contribution in [0.5, 0.6) is 0 Å². The van der Waals surface area contributed by atoms with Crippen LogP contribution in [0.25, 0.3) is 0 Å². The number of rotatable bonds is 3. The van der Waals surface area contributed by atoms with Gasteiger partial charge in [0.1, 0.15) is 5.15 Å². The summed E-state index contributed by atoms with van der Waals surface area (Å²) >= 11 is 11.8. The third-order valence-corrected chi connectivity index (χ3v) is 3.40. The lowest BCUT2D eigenvalue weighted by molar-refractivity contribution is 0.652. The predicted octanol–water partition coefficient (Wildman–Crippen LogP) is 2.89. The maximum atomic E-state index is 6.00. The number of hydrogen-bond donors (Lipinski definition) is 1. The topological polar surface area (TPSA) is 24.9 Å². The Kier molecular flexibility index (Phi) is 2.96. The Hall–Kier alpha value is -0.310. The van der Waals surface area contributed by atoms with Gasteiger partial charge in [-0.1, -0.05) is 30.1 Å².